The standard InChI is InChI=1S/C44H60N4O5.C32H41F3N2O5/c1-27(14-12-17-29-15-10-9-11-16-29)39-38(26-49)53-48(40(39)43(51)46-37-24-33-23-36(28(37)2)44(33,3)4)25-30-18-13-19-35(41(30)52-8)31-20-32(42(50)45-5)22-34(21-31)47(6)7;1-17-24-13-22(31(24,3)4)14-25(17)36-30(40)28-27(18(2)39)26(16-38)42-37(28)15-20-9-7-11-23(29(20)41-5)19-8-6-10-21(12-19)32(33,34)35/h9-11,13,15-16,18-22,27-28,33,36-40,49H,12,14,17,23-26H2,1-8H3,(H,45,50)(H,46,51);6-12,17-18,22,24-28,38-39H,13-16H2,1-5H3,(H,36,40)/t27-,28+,33-,36+,37+,38+,39?,40+;17-,18-,22+,24-,25-,26-,27-,28?/m10/s1. The van der Waals surface area contributed by atoms with Gasteiger partial charge in [0.05, 0.1) is 52.2 Å². The molecule has 4 bridgehead atoms. The van der Waals surface area contributed by atoms with Gasteiger partial charge >= 0.3 is 6.18 Å². The monoisotopic (exact) mass is 1310 g/mol. The molecule has 5 aromatic carbocycles. The number of anilines is 1. The molecule has 516 valence electrons. The number of amides is 3. The van der Waals surface area contributed by atoms with E-state index < -0.39 is 54.7 Å². The number of nitrogens with zero attached hydrogens (tertiary/aromatic N) is 3. The van der Waals surface area contributed by atoms with E-state index in [1.807, 2.05) is 61.5 Å². The zero-order chi connectivity index (χ0) is 68.6. The number of benzene rings is 5. The number of aliphatic hydroxyl groups excluding tert-OH is 3. The number of fused-ring (bicyclic) bond motifs is 4. The van der Waals surface area contributed by atoms with Crippen molar-refractivity contribution in [1.82, 2.24) is 26.1 Å². The maximum atomic E-state index is 14.7. The van der Waals surface area contributed by atoms with Crippen LogP contribution >= 0.6 is 0 Å². The second-order valence-corrected chi connectivity index (χ2v) is 29.4. The van der Waals surface area contributed by atoms with E-state index >= 15 is 0 Å². The van der Waals surface area contributed by atoms with Crippen molar-refractivity contribution in [3.63, 3.8) is 0 Å². The first-order valence-corrected chi connectivity index (χ1v) is 34.1. The van der Waals surface area contributed by atoms with Gasteiger partial charge in [0.2, 0.25) is 11.8 Å². The van der Waals surface area contributed by atoms with E-state index in [1.165, 1.54) is 36.6 Å². The number of methoxy groups -OCH3 is 2. The van der Waals surface area contributed by atoms with Gasteiger partial charge in [0.1, 0.15) is 35.8 Å². The average molecular weight is 1320 g/mol. The molecule has 16 atom stereocenters. The lowest BCUT2D eigenvalue weighted by atomic mass is 9.45. The fourth-order valence-electron chi connectivity index (χ4n) is 17.4. The van der Waals surface area contributed by atoms with Crippen LogP contribution in [0.2, 0.25) is 0 Å². The molecule has 8 aliphatic rings. The first kappa shape index (κ1) is 71.2. The van der Waals surface area contributed by atoms with Gasteiger partial charge in [-0.3, -0.25) is 24.1 Å². The summed E-state index contributed by atoms with van der Waals surface area (Å²) in [4.78, 5) is 56.0. The molecular weight excluding hydrogens is 1210 g/mol. The number of hydrogen-bond donors (Lipinski definition) is 6. The molecule has 5 aromatic rings. The minimum Gasteiger partial charge on any atom is -0.496 e. The molecule has 2 saturated heterocycles. The SMILES string of the molecule is CNC(=O)c1cc(-c2cccc(CN3O[C@@H](CO)C([C@H](C)CCCc4ccccc4)[C@H]3C(=O)N[C@H]3C[C@H]4C[C@@H]([C@@H]3C)C4(C)C)c2OC)cc(N(C)C)c1.COc1c(CN2O[C@@H](CO)[C@H]([C@H](C)O)C2C(=O)N[C@H]2C[C@H]3C[C@@H]([C@@H]2C)C3(C)C)cccc1-c1cccc(C(F)(F)F)c1. The van der Waals surface area contributed by atoms with Gasteiger partial charge < -0.3 is 45.6 Å². The minimum atomic E-state index is -4.49. The molecule has 2 unspecified atom stereocenters. The van der Waals surface area contributed by atoms with E-state index in [2.05, 4.69) is 88.7 Å². The third kappa shape index (κ3) is 14.5. The summed E-state index contributed by atoms with van der Waals surface area (Å²) in [5.74, 6) is 2.72. The molecule has 0 spiro atoms. The predicted octanol–water partition coefficient (Wildman–Crippen LogP) is 11.8. The quantitative estimate of drug-likeness (QED) is 0.0384. The molecule has 6 aliphatic carbocycles. The van der Waals surface area contributed by atoms with Crippen LogP contribution < -0.4 is 30.3 Å². The van der Waals surface area contributed by atoms with Crippen molar-refractivity contribution in [3.05, 3.63) is 137 Å². The highest BCUT2D eigenvalue weighted by atomic mass is 19.4. The molecule has 2 heterocycles. The average Bonchev–Trinajstić information content (AvgIpc) is 1.38. The Hall–Kier alpha value is -6.58. The minimum absolute atomic E-state index is 0.00211. The van der Waals surface area contributed by atoms with E-state index in [-0.39, 0.29) is 66.8 Å². The number of nitrogens with one attached hydrogen (secondary N) is 3. The van der Waals surface area contributed by atoms with Gasteiger partial charge in [0, 0.05) is 78.6 Å². The number of ether oxygens (including phenoxy) is 2. The van der Waals surface area contributed by atoms with E-state index in [9.17, 15) is 42.9 Å². The van der Waals surface area contributed by atoms with Gasteiger partial charge in [-0.05, 0) is 151 Å². The van der Waals surface area contributed by atoms with Crippen LogP contribution in [-0.4, -0.2) is 134 Å². The van der Waals surface area contributed by atoms with Crippen molar-refractivity contribution in [2.75, 3.05) is 53.5 Å². The lowest BCUT2D eigenvalue weighted by Gasteiger charge is -2.62. The topological polar surface area (TPSA) is 195 Å². The van der Waals surface area contributed by atoms with E-state index in [0.717, 1.165) is 66.6 Å². The number of carbonyl (C=O) groups is 3. The highest BCUT2D eigenvalue weighted by Crippen LogP contribution is 2.62. The van der Waals surface area contributed by atoms with Crippen LogP contribution in [0.3, 0.4) is 0 Å². The number of alkyl halides is 3. The fraction of sp³-hybridized carbons (Fsp3) is 0.566. The number of para-hydroxylation sites is 2. The van der Waals surface area contributed by atoms with Gasteiger partial charge in [0.25, 0.3) is 5.91 Å². The van der Waals surface area contributed by atoms with Crippen LogP contribution in [0.15, 0.2) is 109 Å². The van der Waals surface area contributed by atoms with Crippen molar-refractivity contribution in [2.45, 2.75) is 162 Å². The van der Waals surface area contributed by atoms with Gasteiger partial charge in [-0.1, -0.05) is 127 Å². The molecular formula is C76H101F3N6O10. The fourth-order valence-corrected chi connectivity index (χ4v) is 17.4. The highest BCUT2D eigenvalue weighted by molar-refractivity contribution is 5.97. The maximum absolute atomic E-state index is 14.7. The van der Waals surface area contributed by atoms with Crippen molar-refractivity contribution < 1.29 is 62.0 Å². The number of aryl methyl sites for hydroxylation is 1. The summed E-state index contributed by atoms with van der Waals surface area (Å²) in [5.41, 5.74) is 6.46. The Morgan fingerprint density at radius 3 is 1.64 bits per heavy atom. The summed E-state index contributed by atoms with van der Waals surface area (Å²) in [6.07, 6.45) is 0.366. The molecule has 13 rings (SSSR count). The lowest BCUT2D eigenvalue weighted by molar-refractivity contribution is -0.183. The van der Waals surface area contributed by atoms with Gasteiger partial charge in [0.15, 0.2) is 0 Å². The molecule has 95 heavy (non-hydrogen) atoms. The zero-order valence-electron chi connectivity index (χ0n) is 57.6. The van der Waals surface area contributed by atoms with Crippen molar-refractivity contribution in [2.24, 2.45) is 64.1 Å². The van der Waals surface area contributed by atoms with Crippen LogP contribution in [0.25, 0.3) is 22.3 Å². The molecule has 0 aromatic heterocycles. The van der Waals surface area contributed by atoms with Crippen molar-refractivity contribution in [3.8, 4) is 33.8 Å². The summed E-state index contributed by atoms with van der Waals surface area (Å²) in [6.45, 7) is 17.4. The summed E-state index contributed by atoms with van der Waals surface area (Å²) in [7, 11) is 8.62. The summed E-state index contributed by atoms with van der Waals surface area (Å²) in [5, 5.41) is 44.3. The Bertz CT molecular complexity index is 3490. The molecule has 3 amide bonds. The first-order chi connectivity index (χ1) is 45.1. The van der Waals surface area contributed by atoms with Crippen LogP contribution in [0.1, 0.15) is 127 Å². The Morgan fingerprint density at radius 1 is 0.674 bits per heavy atom. The van der Waals surface area contributed by atoms with Gasteiger partial charge in [-0.2, -0.15) is 23.3 Å². The van der Waals surface area contributed by atoms with Crippen LogP contribution in [0.4, 0.5) is 18.9 Å². The Balaban J connectivity index is 0.000000213. The third-order valence-electron chi connectivity index (χ3n) is 23.2. The highest BCUT2D eigenvalue weighted by Gasteiger charge is 2.59. The van der Waals surface area contributed by atoms with E-state index in [4.69, 9.17) is 19.1 Å². The molecule has 16 nitrogen and oxygen atoms in total. The molecule has 6 N–H and O–H groups in total. The summed E-state index contributed by atoms with van der Waals surface area (Å²) in [6, 6.07) is 31.1. The number of carbonyl (C=O) groups excluding carboxylic acids is 3. The molecule has 2 aliphatic heterocycles. The number of aliphatic hydroxyl groups is 3. The number of halogens is 3. The molecule has 19 heteroatoms. The Morgan fingerprint density at radius 2 is 1.18 bits per heavy atom. The smallest absolute Gasteiger partial charge is 0.416 e. The van der Waals surface area contributed by atoms with Crippen molar-refractivity contribution in [1.29, 1.82) is 0 Å². The second kappa shape index (κ2) is 29.2. The second-order valence-electron chi connectivity index (χ2n) is 29.4. The Kier molecular flexibility index (Phi) is 21.9. The summed E-state index contributed by atoms with van der Waals surface area (Å²) < 4.78 is 52.1. The van der Waals surface area contributed by atoms with Crippen LogP contribution in [0, 0.1) is 64.1 Å². The number of rotatable bonds is 22. The first-order valence-electron chi connectivity index (χ1n) is 34.1. The van der Waals surface area contributed by atoms with Crippen LogP contribution in [-0.2, 0) is 45.0 Å². The maximum Gasteiger partial charge on any atom is 0.416 e. The summed E-state index contributed by atoms with van der Waals surface area (Å²) >= 11 is 0. The van der Waals surface area contributed by atoms with Crippen molar-refractivity contribution >= 4 is 23.4 Å². The third-order valence-corrected chi connectivity index (χ3v) is 23.2. The lowest BCUT2D eigenvalue weighted by Crippen LogP contribution is -2.62. The number of hydroxylamine groups is 4. The largest absolute Gasteiger partial charge is 0.496 e. The number of hydrogen-bond acceptors (Lipinski definition) is 13. The normalized spacial score (nSPS) is 28.7. The van der Waals surface area contributed by atoms with Crippen LogP contribution in [0.5, 0.6) is 11.5 Å². The van der Waals surface area contributed by atoms with Gasteiger partial charge in [-0.25, -0.2) is 0 Å². The van der Waals surface area contributed by atoms with Gasteiger partial charge in [-0.15, -0.1) is 0 Å². The Labute approximate surface area is 559 Å². The molecule has 0 radical (unpaired) electrons. The predicted molar refractivity (Wildman–Crippen MR) is 362 cm³/mol. The van der Waals surface area contributed by atoms with E-state index in [0.29, 0.717) is 74.7 Å². The molecule has 6 saturated carbocycles. The van der Waals surface area contributed by atoms with E-state index in [1.54, 1.807) is 50.4 Å². The molecule has 8 fully saturated rings. The zero-order valence-corrected chi connectivity index (χ0v) is 57.6.